The van der Waals surface area contributed by atoms with Gasteiger partial charge in [0.15, 0.2) is 0 Å². The molecule has 0 saturated carbocycles. The molecule has 0 spiro atoms. The zero-order chi connectivity index (χ0) is 18.3. The number of aromatic nitrogens is 3. The molecule has 2 aromatic heterocycles. The summed E-state index contributed by atoms with van der Waals surface area (Å²) in [6.07, 6.45) is 1.74. The zero-order valence-electron chi connectivity index (χ0n) is 14.9. The van der Waals surface area contributed by atoms with Crippen LogP contribution in [0, 0.1) is 0 Å². The summed E-state index contributed by atoms with van der Waals surface area (Å²) in [6, 6.07) is 15.6. The number of pyridine rings is 1. The standard InChI is InChI=1S/C21H19N3O2/c1-13(2)14-8-10-15(11-9-14)20-22-21(26-23-20)17-12-24(3)18-7-5-4-6-16(18)19(17)25/h4-13H,1-3H3. The fourth-order valence-corrected chi connectivity index (χ4v) is 3.06. The van der Waals surface area contributed by atoms with E-state index in [0.29, 0.717) is 22.7 Å². The van der Waals surface area contributed by atoms with Crippen molar-refractivity contribution in [1.29, 1.82) is 0 Å². The first-order valence-corrected chi connectivity index (χ1v) is 8.57. The van der Waals surface area contributed by atoms with Gasteiger partial charge in [-0.05, 0) is 23.6 Å². The van der Waals surface area contributed by atoms with Gasteiger partial charge in [-0.15, -0.1) is 0 Å². The van der Waals surface area contributed by atoms with Crippen LogP contribution in [0.25, 0.3) is 33.7 Å². The number of para-hydroxylation sites is 1. The molecule has 0 aliphatic carbocycles. The molecule has 130 valence electrons. The SMILES string of the molecule is CC(C)c1ccc(-c2noc(-c3cn(C)c4ccccc4c3=O)n2)cc1. The summed E-state index contributed by atoms with van der Waals surface area (Å²) in [5.74, 6) is 1.18. The number of hydrogen-bond donors (Lipinski definition) is 0. The van der Waals surface area contributed by atoms with Crippen LogP contribution in [0.4, 0.5) is 0 Å². The molecule has 0 aliphatic rings. The van der Waals surface area contributed by atoms with Crippen LogP contribution in [0.1, 0.15) is 25.3 Å². The van der Waals surface area contributed by atoms with Crippen LogP contribution in [0.2, 0.25) is 0 Å². The van der Waals surface area contributed by atoms with E-state index < -0.39 is 0 Å². The Hall–Kier alpha value is -3.21. The molecular weight excluding hydrogens is 326 g/mol. The van der Waals surface area contributed by atoms with E-state index in [1.807, 2.05) is 48.0 Å². The lowest BCUT2D eigenvalue weighted by Crippen LogP contribution is -2.10. The third-order valence-electron chi connectivity index (χ3n) is 4.59. The Balaban J connectivity index is 1.78. The summed E-state index contributed by atoms with van der Waals surface area (Å²) < 4.78 is 7.29. The third kappa shape index (κ3) is 2.71. The Morgan fingerprint density at radius 1 is 1.04 bits per heavy atom. The van der Waals surface area contributed by atoms with E-state index in [2.05, 4.69) is 36.1 Å². The Kier molecular flexibility index (Phi) is 3.92. The highest BCUT2D eigenvalue weighted by molar-refractivity contribution is 5.82. The minimum absolute atomic E-state index is 0.107. The van der Waals surface area contributed by atoms with Crippen molar-refractivity contribution in [2.24, 2.45) is 7.05 Å². The molecule has 4 aromatic rings. The van der Waals surface area contributed by atoms with Gasteiger partial charge in [-0.3, -0.25) is 4.79 Å². The molecule has 0 amide bonds. The molecule has 2 heterocycles. The molecule has 2 aromatic carbocycles. The topological polar surface area (TPSA) is 60.9 Å². The number of benzene rings is 2. The van der Waals surface area contributed by atoms with Gasteiger partial charge >= 0.3 is 0 Å². The summed E-state index contributed by atoms with van der Waals surface area (Å²) in [5, 5.41) is 4.69. The highest BCUT2D eigenvalue weighted by atomic mass is 16.5. The number of aryl methyl sites for hydroxylation is 1. The van der Waals surface area contributed by atoms with Gasteiger partial charge in [0.05, 0.1) is 5.52 Å². The van der Waals surface area contributed by atoms with E-state index in [4.69, 9.17) is 4.52 Å². The molecule has 0 fully saturated rings. The van der Waals surface area contributed by atoms with E-state index in [1.165, 1.54) is 5.56 Å². The maximum atomic E-state index is 12.8. The van der Waals surface area contributed by atoms with Gasteiger partial charge in [0.2, 0.25) is 11.3 Å². The molecule has 5 heteroatoms. The van der Waals surface area contributed by atoms with Crippen molar-refractivity contribution in [3.05, 3.63) is 70.5 Å². The minimum Gasteiger partial charge on any atom is -0.350 e. The molecule has 0 radical (unpaired) electrons. The lowest BCUT2D eigenvalue weighted by molar-refractivity contribution is 0.432. The number of fused-ring (bicyclic) bond motifs is 1. The van der Waals surface area contributed by atoms with Crippen molar-refractivity contribution in [3.63, 3.8) is 0 Å². The van der Waals surface area contributed by atoms with Gasteiger partial charge in [0, 0.05) is 24.2 Å². The first kappa shape index (κ1) is 16.3. The lowest BCUT2D eigenvalue weighted by atomic mass is 10.0. The van der Waals surface area contributed by atoms with Crippen LogP contribution in [-0.2, 0) is 7.05 Å². The summed E-state index contributed by atoms with van der Waals surface area (Å²) in [6.45, 7) is 4.30. The summed E-state index contributed by atoms with van der Waals surface area (Å²) >= 11 is 0. The average Bonchev–Trinajstić information content (AvgIpc) is 3.15. The van der Waals surface area contributed by atoms with E-state index in [1.54, 1.807) is 6.20 Å². The quantitative estimate of drug-likeness (QED) is 0.553. The van der Waals surface area contributed by atoms with Crippen molar-refractivity contribution in [2.75, 3.05) is 0 Å². The first-order chi connectivity index (χ1) is 12.5. The lowest BCUT2D eigenvalue weighted by Gasteiger charge is -2.06. The molecule has 0 N–H and O–H groups in total. The van der Waals surface area contributed by atoms with Crippen LogP contribution in [0.5, 0.6) is 0 Å². The van der Waals surface area contributed by atoms with Crippen LogP contribution < -0.4 is 5.43 Å². The first-order valence-electron chi connectivity index (χ1n) is 8.57. The van der Waals surface area contributed by atoms with Crippen molar-refractivity contribution in [3.8, 4) is 22.8 Å². The van der Waals surface area contributed by atoms with E-state index in [0.717, 1.165) is 11.1 Å². The van der Waals surface area contributed by atoms with Crippen LogP contribution in [0.15, 0.2) is 64.0 Å². The van der Waals surface area contributed by atoms with E-state index in [9.17, 15) is 4.79 Å². The number of rotatable bonds is 3. The largest absolute Gasteiger partial charge is 0.350 e. The Labute approximate surface area is 150 Å². The Morgan fingerprint density at radius 3 is 2.50 bits per heavy atom. The average molecular weight is 345 g/mol. The predicted molar refractivity (Wildman–Crippen MR) is 102 cm³/mol. The Bertz CT molecular complexity index is 1140. The van der Waals surface area contributed by atoms with E-state index in [-0.39, 0.29) is 11.3 Å². The molecule has 0 unspecified atom stereocenters. The minimum atomic E-state index is -0.107. The van der Waals surface area contributed by atoms with E-state index >= 15 is 0 Å². The second-order valence-electron chi connectivity index (χ2n) is 6.70. The molecule has 26 heavy (non-hydrogen) atoms. The highest BCUT2D eigenvalue weighted by Crippen LogP contribution is 2.24. The predicted octanol–water partition coefficient (Wildman–Crippen LogP) is 4.38. The van der Waals surface area contributed by atoms with Gasteiger partial charge in [-0.2, -0.15) is 4.98 Å². The van der Waals surface area contributed by atoms with Gasteiger partial charge < -0.3 is 9.09 Å². The van der Waals surface area contributed by atoms with Crippen LogP contribution in [0.3, 0.4) is 0 Å². The molecule has 0 bridgehead atoms. The fourth-order valence-electron chi connectivity index (χ4n) is 3.06. The maximum Gasteiger partial charge on any atom is 0.263 e. The number of nitrogens with zero attached hydrogens (tertiary/aromatic N) is 3. The molecule has 0 saturated heterocycles. The van der Waals surface area contributed by atoms with Gasteiger partial charge in [0.1, 0.15) is 5.56 Å². The molecule has 4 rings (SSSR count). The molecule has 0 atom stereocenters. The summed E-state index contributed by atoms with van der Waals surface area (Å²) in [5.41, 5.74) is 3.28. The summed E-state index contributed by atoms with van der Waals surface area (Å²) in [7, 11) is 1.90. The Morgan fingerprint density at radius 2 is 1.77 bits per heavy atom. The molecule has 0 aliphatic heterocycles. The van der Waals surface area contributed by atoms with Crippen LogP contribution in [-0.4, -0.2) is 14.7 Å². The smallest absolute Gasteiger partial charge is 0.263 e. The summed E-state index contributed by atoms with van der Waals surface area (Å²) in [4.78, 5) is 17.2. The van der Waals surface area contributed by atoms with Crippen molar-refractivity contribution in [1.82, 2.24) is 14.7 Å². The van der Waals surface area contributed by atoms with Crippen LogP contribution >= 0.6 is 0 Å². The monoisotopic (exact) mass is 345 g/mol. The molecule has 5 nitrogen and oxygen atoms in total. The van der Waals surface area contributed by atoms with Crippen molar-refractivity contribution >= 4 is 10.9 Å². The third-order valence-corrected chi connectivity index (χ3v) is 4.59. The highest BCUT2D eigenvalue weighted by Gasteiger charge is 2.16. The maximum absolute atomic E-state index is 12.8. The van der Waals surface area contributed by atoms with Gasteiger partial charge in [-0.25, -0.2) is 0 Å². The van der Waals surface area contributed by atoms with Crippen molar-refractivity contribution < 1.29 is 4.52 Å². The number of hydrogen-bond acceptors (Lipinski definition) is 4. The van der Waals surface area contributed by atoms with Crippen molar-refractivity contribution in [2.45, 2.75) is 19.8 Å². The van der Waals surface area contributed by atoms with Gasteiger partial charge in [-0.1, -0.05) is 55.4 Å². The van der Waals surface area contributed by atoms with Gasteiger partial charge in [0.25, 0.3) is 5.89 Å². The molecular formula is C21H19N3O2. The second kappa shape index (κ2) is 6.26. The fraction of sp³-hybridized carbons (Fsp3) is 0.190. The normalized spacial score (nSPS) is 11.4. The zero-order valence-corrected chi connectivity index (χ0v) is 14.9. The second-order valence-corrected chi connectivity index (χ2v) is 6.70.